The normalized spacial score (nSPS) is 20.3. The van der Waals surface area contributed by atoms with Crippen molar-refractivity contribution in [2.75, 3.05) is 0 Å². The Bertz CT molecular complexity index is 494. The molecule has 2 unspecified atom stereocenters. The number of carbonyl (C=O) groups is 3. The molecule has 0 aliphatic carbocycles. The summed E-state index contributed by atoms with van der Waals surface area (Å²) in [5, 5.41) is 21.5. The monoisotopic (exact) mass is 425 g/mol. The number of carboxylic acid groups (broad SMARTS) is 2. The van der Waals surface area contributed by atoms with Crippen LogP contribution in [0.2, 0.25) is 0 Å². The molecule has 3 N–H and O–H groups in total. The summed E-state index contributed by atoms with van der Waals surface area (Å²) in [6, 6.07) is -0.258. The molecule has 0 bridgehead atoms. The molecule has 30 heavy (non-hydrogen) atoms. The van der Waals surface area contributed by atoms with Crippen LogP contribution >= 0.6 is 0 Å². The van der Waals surface area contributed by atoms with E-state index in [9.17, 15) is 19.5 Å². The van der Waals surface area contributed by atoms with Crippen molar-refractivity contribution < 1.29 is 24.6 Å². The fourth-order valence-electron chi connectivity index (χ4n) is 4.38. The summed E-state index contributed by atoms with van der Waals surface area (Å²) in [7, 11) is 0. The Morgan fingerprint density at radius 2 is 1.33 bits per heavy atom. The Balaban J connectivity index is 2.39. The van der Waals surface area contributed by atoms with Gasteiger partial charge in [-0.15, -0.1) is 0 Å². The number of rotatable bonds is 12. The lowest BCUT2D eigenvalue weighted by atomic mass is 9.89. The van der Waals surface area contributed by atoms with E-state index < -0.39 is 17.9 Å². The van der Waals surface area contributed by atoms with E-state index in [1.54, 1.807) is 0 Å². The summed E-state index contributed by atoms with van der Waals surface area (Å²) in [5.41, 5.74) is 0. The predicted octanol–water partition coefficient (Wildman–Crippen LogP) is 5.68. The first kappa shape index (κ1) is 26.4. The number of carboxylic acids is 2. The fraction of sp³-hybridized carbons (Fsp3) is 0.875. The van der Waals surface area contributed by atoms with Crippen molar-refractivity contribution in [2.45, 2.75) is 128 Å². The topological polar surface area (TPSA) is 104 Å². The summed E-state index contributed by atoms with van der Waals surface area (Å²) >= 11 is 0. The van der Waals surface area contributed by atoms with Crippen LogP contribution in [-0.4, -0.2) is 34.1 Å². The minimum Gasteiger partial charge on any atom is -0.481 e. The third kappa shape index (κ3) is 13.6. The van der Waals surface area contributed by atoms with Crippen LogP contribution in [0.1, 0.15) is 122 Å². The first-order chi connectivity index (χ1) is 14.5. The predicted molar refractivity (Wildman–Crippen MR) is 118 cm³/mol. The number of aliphatic carboxylic acids is 2. The zero-order valence-corrected chi connectivity index (χ0v) is 18.7. The highest BCUT2D eigenvalue weighted by atomic mass is 16.4. The van der Waals surface area contributed by atoms with Gasteiger partial charge in [0.25, 0.3) is 0 Å². The Kier molecular flexibility index (Phi) is 15.1. The molecule has 174 valence electrons. The van der Waals surface area contributed by atoms with Crippen molar-refractivity contribution in [3.05, 3.63) is 0 Å². The second kappa shape index (κ2) is 17.1. The van der Waals surface area contributed by atoms with Crippen LogP contribution < -0.4 is 5.32 Å². The summed E-state index contributed by atoms with van der Waals surface area (Å²) in [4.78, 5) is 34.7. The molecule has 1 saturated heterocycles. The Hall–Kier alpha value is -1.59. The molecular weight excluding hydrogens is 382 g/mol. The average Bonchev–Trinajstić information content (AvgIpc) is 2.71. The maximum Gasteiger partial charge on any atom is 0.308 e. The summed E-state index contributed by atoms with van der Waals surface area (Å²) in [6.07, 6.45) is 17.7. The van der Waals surface area contributed by atoms with Gasteiger partial charge in [-0.3, -0.25) is 14.4 Å². The molecule has 2 atom stereocenters. The molecule has 6 nitrogen and oxygen atoms in total. The highest BCUT2D eigenvalue weighted by Crippen LogP contribution is 2.22. The number of carbonyl (C=O) groups excluding carboxylic acids is 1. The first-order valence-corrected chi connectivity index (χ1v) is 12.2. The second-order valence-electron chi connectivity index (χ2n) is 8.89. The number of unbranched alkanes of at least 4 members (excludes halogenated alkanes) is 6. The van der Waals surface area contributed by atoms with Crippen LogP contribution in [0.3, 0.4) is 0 Å². The highest BCUT2D eigenvalue weighted by molar-refractivity contribution is 5.78. The number of hydrogen-bond acceptors (Lipinski definition) is 3. The van der Waals surface area contributed by atoms with E-state index in [1.165, 1.54) is 25.7 Å². The van der Waals surface area contributed by atoms with E-state index in [0.717, 1.165) is 77.0 Å². The molecule has 0 aromatic carbocycles. The van der Waals surface area contributed by atoms with Gasteiger partial charge in [0, 0.05) is 18.9 Å². The lowest BCUT2D eigenvalue weighted by Gasteiger charge is -2.25. The minimum atomic E-state index is -0.793. The third-order valence-electron chi connectivity index (χ3n) is 6.22. The lowest BCUT2D eigenvalue weighted by Crippen LogP contribution is -2.43. The van der Waals surface area contributed by atoms with Crippen molar-refractivity contribution in [3.8, 4) is 0 Å². The van der Waals surface area contributed by atoms with Gasteiger partial charge in [-0.25, -0.2) is 0 Å². The van der Waals surface area contributed by atoms with Crippen molar-refractivity contribution in [1.29, 1.82) is 0 Å². The van der Waals surface area contributed by atoms with Crippen molar-refractivity contribution in [3.63, 3.8) is 0 Å². The van der Waals surface area contributed by atoms with E-state index in [2.05, 4.69) is 5.32 Å². The van der Waals surface area contributed by atoms with Crippen LogP contribution in [0.25, 0.3) is 0 Å². The quantitative estimate of drug-likeness (QED) is 0.349. The minimum absolute atomic E-state index is 0.00635. The highest BCUT2D eigenvalue weighted by Gasteiger charge is 2.28. The molecule has 0 radical (unpaired) electrons. The standard InChI is InChI=1S/C24H43NO5/c26-22-18-14-10-6-2-1-5-9-13-17-21(25-22)20(24(29)30)16-12-8-4-3-7-11-15-19-23(27)28/h20-21H,1-19H2,(H,25,26)(H,27,28)(H,29,30). The van der Waals surface area contributed by atoms with Crippen molar-refractivity contribution >= 4 is 17.8 Å². The molecule has 0 aromatic heterocycles. The second-order valence-corrected chi connectivity index (χ2v) is 8.89. The van der Waals surface area contributed by atoms with Gasteiger partial charge >= 0.3 is 11.9 Å². The molecule has 1 rings (SSSR count). The maximum atomic E-state index is 12.3. The number of hydrogen-bond donors (Lipinski definition) is 3. The van der Waals surface area contributed by atoms with Gasteiger partial charge < -0.3 is 15.5 Å². The van der Waals surface area contributed by atoms with Crippen LogP contribution in [0.5, 0.6) is 0 Å². The fourth-order valence-corrected chi connectivity index (χ4v) is 4.38. The Morgan fingerprint density at radius 1 is 0.800 bits per heavy atom. The largest absolute Gasteiger partial charge is 0.481 e. The molecule has 1 amide bonds. The van der Waals surface area contributed by atoms with Gasteiger partial charge in [0.15, 0.2) is 0 Å². The molecular formula is C24H43NO5. The van der Waals surface area contributed by atoms with Crippen molar-refractivity contribution in [1.82, 2.24) is 5.32 Å². The Morgan fingerprint density at radius 3 is 1.93 bits per heavy atom. The van der Waals surface area contributed by atoms with E-state index in [0.29, 0.717) is 12.8 Å². The lowest BCUT2D eigenvalue weighted by molar-refractivity contribution is -0.143. The zero-order chi connectivity index (χ0) is 22.0. The van der Waals surface area contributed by atoms with E-state index in [-0.39, 0.29) is 18.4 Å². The van der Waals surface area contributed by atoms with Gasteiger partial charge in [-0.05, 0) is 25.7 Å². The van der Waals surface area contributed by atoms with Gasteiger partial charge in [0.2, 0.25) is 5.91 Å². The first-order valence-electron chi connectivity index (χ1n) is 12.2. The zero-order valence-electron chi connectivity index (χ0n) is 18.7. The Labute approximate surface area is 182 Å². The van der Waals surface area contributed by atoms with Crippen LogP contribution in [-0.2, 0) is 14.4 Å². The molecule has 0 aromatic rings. The smallest absolute Gasteiger partial charge is 0.308 e. The van der Waals surface area contributed by atoms with Gasteiger partial charge in [-0.1, -0.05) is 83.5 Å². The number of amides is 1. The van der Waals surface area contributed by atoms with Gasteiger partial charge in [0.1, 0.15) is 0 Å². The molecule has 0 saturated carbocycles. The van der Waals surface area contributed by atoms with Crippen LogP contribution in [0.15, 0.2) is 0 Å². The van der Waals surface area contributed by atoms with E-state index in [1.807, 2.05) is 0 Å². The molecule has 1 aliphatic heterocycles. The molecule has 0 spiro atoms. The van der Waals surface area contributed by atoms with E-state index in [4.69, 9.17) is 5.11 Å². The average molecular weight is 426 g/mol. The van der Waals surface area contributed by atoms with Crippen molar-refractivity contribution in [2.24, 2.45) is 5.92 Å². The summed E-state index contributed by atoms with van der Waals surface area (Å²) in [5.74, 6) is -2.02. The SMILES string of the molecule is O=C(O)CCCCCCCCCC(C(=O)O)C1CCCCCCCCCCC(=O)N1. The van der Waals surface area contributed by atoms with Gasteiger partial charge in [0.05, 0.1) is 5.92 Å². The molecule has 1 aliphatic rings. The summed E-state index contributed by atoms with van der Waals surface area (Å²) < 4.78 is 0. The summed E-state index contributed by atoms with van der Waals surface area (Å²) in [6.45, 7) is 0. The molecule has 1 heterocycles. The maximum absolute atomic E-state index is 12.3. The number of nitrogens with one attached hydrogen (secondary N) is 1. The van der Waals surface area contributed by atoms with Crippen LogP contribution in [0.4, 0.5) is 0 Å². The van der Waals surface area contributed by atoms with Crippen LogP contribution in [0, 0.1) is 5.92 Å². The van der Waals surface area contributed by atoms with Gasteiger partial charge in [-0.2, -0.15) is 0 Å². The molecule has 1 fully saturated rings. The molecule has 6 heteroatoms. The third-order valence-corrected chi connectivity index (χ3v) is 6.22. The van der Waals surface area contributed by atoms with E-state index >= 15 is 0 Å².